The summed E-state index contributed by atoms with van der Waals surface area (Å²) in [6.45, 7) is 2.16. The summed E-state index contributed by atoms with van der Waals surface area (Å²) in [5.41, 5.74) is 3.64. The number of halogens is 1. The van der Waals surface area contributed by atoms with Gasteiger partial charge in [-0.25, -0.2) is 22.8 Å². The second-order valence-corrected chi connectivity index (χ2v) is 8.27. The predicted octanol–water partition coefficient (Wildman–Crippen LogP) is 2.06. The van der Waals surface area contributed by atoms with Gasteiger partial charge in [-0.1, -0.05) is 0 Å². The Kier molecular flexibility index (Phi) is 3.81. The number of hydrogen-bond acceptors (Lipinski definition) is 5. The largest absolute Gasteiger partial charge is 0.361 e. The van der Waals surface area contributed by atoms with Crippen LogP contribution in [0.2, 0.25) is 0 Å². The van der Waals surface area contributed by atoms with Crippen molar-refractivity contribution in [2.45, 2.75) is 24.7 Å². The summed E-state index contributed by atoms with van der Waals surface area (Å²) in [6.07, 6.45) is 5.30. The van der Waals surface area contributed by atoms with Crippen molar-refractivity contribution in [3.8, 4) is 0 Å². The minimum Gasteiger partial charge on any atom is -0.361 e. The van der Waals surface area contributed by atoms with E-state index in [1.807, 2.05) is 6.20 Å². The fourth-order valence-electron chi connectivity index (χ4n) is 3.20. The van der Waals surface area contributed by atoms with Crippen LogP contribution in [-0.4, -0.2) is 41.1 Å². The summed E-state index contributed by atoms with van der Waals surface area (Å²) >= 11 is 0. The van der Waals surface area contributed by atoms with Crippen molar-refractivity contribution in [2.75, 3.05) is 12.8 Å². The zero-order valence-electron chi connectivity index (χ0n) is 13.7. The Morgan fingerprint density at radius 2 is 2.20 bits per heavy atom. The van der Waals surface area contributed by atoms with E-state index in [0.29, 0.717) is 13.0 Å². The maximum Gasteiger partial charge on any atom is 0.246 e. The van der Waals surface area contributed by atoms with Gasteiger partial charge in [-0.3, -0.25) is 4.90 Å². The highest BCUT2D eigenvalue weighted by Crippen LogP contribution is 2.24. The molecule has 1 aliphatic heterocycles. The average molecular weight is 360 g/mol. The van der Waals surface area contributed by atoms with Gasteiger partial charge in [0.05, 0.1) is 5.69 Å². The number of aromatic nitrogens is 3. The molecule has 0 aliphatic carbocycles. The van der Waals surface area contributed by atoms with Crippen LogP contribution in [0.25, 0.3) is 10.9 Å². The number of hydrogen-bond donors (Lipinski definition) is 1. The van der Waals surface area contributed by atoms with E-state index in [4.69, 9.17) is 0 Å². The van der Waals surface area contributed by atoms with Crippen LogP contribution in [0.3, 0.4) is 0 Å². The molecule has 0 amide bonds. The van der Waals surface area contributed by atoms with Crippen LogP contribution >= 0.6 is 0 Å². The molecule has 0 radical (unpaired) electrons. The Morgan fingerprint density at radius 1 is 1.36 bits per heavy atom. The van der Waals surface area contributed by atoms with Crippen LogP contribution in [0.4, 0.5) is 4.39 Å². The number of sulfone groups is 1. The van der Waals surface area contributed by atoms with Crippen LogP contribution < -0.4 is 0 Å². The Morgan fingerprint density at radius 3 is 3.00 bits per heavy atom. The number of nitrogens with one attached hydrogen (secondary N) is 1. The molecule has 0 bridgehead atoms. The standard InChI is InChI=1S/C17H17FN4O2S/c1-25(23,24)17-20-8-12-10-22(5-4-15(12)21-17)9-11-7-19-16-6-13(18)2-3-14(11)16/h2-3,6-8,19H,4-5,9-10H2,1H3. The molecule has 130 valence electrons. The van der Waals surface area contributed by atoms with E-state index >= 15 is 0 Å². The average Bonchev–Trinajstić information content (AvgIpc) is 2.95. The van der Waals surface area contributed by atoms with E-state index in [-0.39, 0.29) is 11.0 Å². The Labute approximate surface area is 144 Å². The van der Waals surface area contributed by atoms with Gasteiger partial charge < -0.3 is 4.98 Å². The van der Waals surface area contributed by atoms with E-state index in [1.165, 1.54) is 12.1 Å². The van der Waals surface area contributed by atoms with Gasteiger partial charge >= 0.3 is 0 Å². The monoisotopic (exact) mass is 360 g/mol. The van der Waals surface area contributed by atoms with Crippen molar-refractivity contribution in [3.05, 3.63) is 53.2 Å². The lowest BCUT2D eigenvalue weighted by Crippen LogP contribution is -2.31. The van der Waals surface area contributed by atoms with Gasteiger partial charge in [0.1, 0.15) is 5.82 Å². The fraction of sp³-hybridized carbons (Fsp3) is 0.294. The Hall–Kier alpha value is -2.32. The maximum atomic E-state index is 13.3. The summed E-state index contributed by atoms with van der Waals surface area (Å²) in [7, 11) is -3.39. The summed E-state index contributed by atoms with van der Waals surface area (Å²) in [4.78, 5) is 13.5. The number of aromatic amines is 1. The minimum atomic E-state index is -3.39. The van der Waals surface area contributed by atoms with Crippen LogP contribution in [0.5, 0.6) is 0 Å². The number of nitrogens with zero attached hydrogens (tertiary/aromatic N) is 3. The zero-order valence-corrected chi connectivity index (χ0v) is 14.5. The molecule has 1 N–H and O–H groups in total. The molecule has 0 saturated heterocycles. The molecule has 1 aromatic carbocycles. The molecule has 0 atom stereocenters. The summed E-state index contributed by atoms with van der Waals surface area (Å²) in [5.74, 6) is -0.258. The smallest absolute Gasteiger partial charge is 0.246 e. The quantitative estimate of drug-likeness (QED) is 0.724. The SMILES string of the molecule is CS(=O)(=O)c1ncc2c(n1)CCN(Cc1c[nH]c3cc(F)ccc13)C2. The highest BCUT2D eigenvalue weighted by atomic mass is 32.2. The summed E-state index contributed by atoms with van der Waals surface area (Å²) in [5, 5.41) is 0.897. The first-order valence-corrected chi connectivity index (χ1v) is 9.82. The van der Waals surface area contributed by atoms with E-state index in [0.717, 1.165) is 47.1 Å². The van der Waals surface area contributed by atoms with Crippen molar-refractivity contribution in [1.82, 2.24) is 19.9 Å². The molecule has 0 fully saturated rings. The minimum absolute atomic E-state index is 0.113. The van der Waals surface area contributed by atoms with Gasteiger partial charge in [-0.2, -0.15) is 0 Å². The molecule has 25 heavy (non-hydrogen) atoms. The number of benzene rings is 1. The molecular formula is C17H17FN4O2S. The van der Waals surface area contributed by atoms with Crippen LogP contribution in [0, 0.1) is 5.82 Å². The van der Waals surface area contributed by atoms with Gasteiger partial charge in [0.15, 0.2) is 0 Å². The lowest BCUT2D eigenvalue weighted by Gasteiger charge is -2.27. The van der Waals surface area contributed by atoms with E-state index in [9.17, 15) is 12.8 Å². The maximum absolute atomic E-state index is 13.3. The second-order valence-electron chi connectivity index (χ2n) is 6.36. The van der Waals surface area contributed by atoms with Gasteiger partial charge in [0, 0.05) is 61.2 Å². The zero-order chi connectivity index (χ0) is 17.6. The van der Waals surface area contributed by atoms with E-state index in [1.54, 1.807) is 12.3 Å². The first-order chi connectivity index (χ1) is 11.9. The van der Waals surface area contributed by atoms with E-state index in [2.05, 4.69) is 19.9 Å². The fourth-order valence-corrected chi connectivity index (χ4v) is 3.72. The van der Waals surface area contributed by atoms with Gasteiger partial charge in [0.25, 0.3) is 0 Å². The Bertz CT molecular complexity index is 1060. The molecule has 2 aromatic heterocycles. The topological polar surface area (TPSA) is 79.0 Å². The third-order valence-corrected chi connectivity index (χ3v) is 5.31. The van der Waals surface area contributed by atoms with E-state index < -0.39 is 9.84 Å². The number of rotatable bonds is 3. The van der Waals surface area contributed by atoms with Crippen molar-refractivity contribution in [1.29, 1.82) is 0 Å². The second kappa shape index (κ2) is 5.89. The molecule has 8 heteroatoms. The lowest BCUT2D eigenvalue weighted by molar-refractivity contribution is 0.243. The van der Waals surface area contributed by atoms with Crippen molar-refractivity contribution in [2.24, 2.45) is 0 Å². The summed E-state index contributed by atoms with van der Waals surface area (Å²) < 4.78 is 36.5. The molecule has 4 rings (SSSR count). The van der Waals surface area contributed by atoms with Crippen LogP contribution in [0.15, 0.2) is 35.7 Å². The van der Waals surface area contributed by atoms with Gasteiger partial charge in [0.2, 0.25) is 15.0 Å². The predicted molar refractivity (Wildman–Crippen MR) is 91.2 cm³/mol. The van der Waals surface area contributed by atoms with Crippen LogP contribution in [0.1, 0.15) is 16.8 Å². The highest BCUT2D eigenvalue weighted by molar-refractivity contribution is 7.90. The third-order valence-electron chi connectivity index (χ3n) is 4.45. The molecule has 1 aliphatic rings. The van der Waals surface area contributed by atoms with Crippen molar-refractivity contribution in [3.63, 3.8) is 0 Å². The molecule has 0 unspecified atom stereocenters. The molecular weight excluding hydrogens is 343 g/mol. The van der Waals surface area contributed by atoms with Crippen LogP contribution in [-0.2, 0) is 29.3 Å². The molecule has 0 spiro atoms. The molecule has 3 aromatic rings. The van der Waals surface area contributed by atoms with Gasteiger partial charge in [-0.15, -0.1) is 0 Å². The number of fused-ring (bicyclic) bond motifs is 2. The molecule has 0 saturated carbocycles. The van der Waals surface area contributed by atoms with Crippen molar-refractivity contribution >= 4 is 20.7 Å². The molecule has 6 nitrogen and oxygen atoms in total. The first-order valence-electron chi connectivity index (χ1n) is 7.93. The highest BCUT2D eigenvalue weighted by Gasteiger charge is 2.21. The first kappa shape index (κ1) is 16.2. The lowest BCUT2D eigenvalue weighted by atomic mass is 10.1. The molecule has 3 heterocycles. The normalized spacial score (nSPS) is 15.4. The summed E-state index contributed by atoms with van der Waals surface area (Å²) in [6, 6.07) is 4.74. The van der Waals surface area contributed by atoms with Crippen molar-refractivity contribution < 1.29 is 12.8 Å². The number of H-pyrrole nitrogens is 1. The third kappa shape index (κ3) is 3.14. The van der Waals surface area contributed by atoms with Gasteiger partial charge in [-0.05, 0) is 23.8 Å². The Balaban J connectivity index is 1.56.